The Hall–Kier alpha value is -3.67. The molecule has 0 aliphatic carbocycles. The largest absolute Gasteiger partial charge is 0.497 e. The topological polar surface area (TPSA) is 74.5 Å². The Labute approximate surface area is 161 Å². The third-order valence-corrected chi connectivity index (χ3v) is 4.40. The van der Waals surface area contributed by atoms with Gasteiger partial charge in [0.1, 0.15) is 17.0 Å². The molecule has 140 valence electrons. The molecule has 0 radical (unpaired) electrons. The van der Waals surface area contributed by atoms with Crippen LogP contribution in [0.4, 0.5) is 0 Å². The van der Waals surface area contributed by atoms with Crippen molar-refractivity contribution >= 4 is 16.9 Å². The van der Waals surface area contributed by atoms with Gasteiger partial charge in [-0.05, 0) is 35.9 Å². The van der Waals surface area contributed by atoms with Crippen LogP contribution in [0.5, 0.6) is 11.5 Å². The van der Waals surface area contributed by atoms with Gasteiger partial charge >= 0.3 is 0 Å². The lowest BCUT2D eigenvalue weighted by atomic mass is 10.0. The lowest BCUT2D eigenvalue weighted by Gasteiger charge is -2.08. The quantitative estimate of drug-likeness (QED) is 0.468. The fourth-order valence-corrected chi connectivity index (χ4v) is 2.97. The molecule has 0 saturated heterocycles. The van der Waals surface area contributed by atoms with Gasteiger partial charge in [0, 0.05) is 29.8 Å². The number of hydrogen-bond acceptors (Lipinski definition) is 6. The molecule has 4 aromatic rings. The highest BCUT2D eigenvalue weighted by Gasteiger charge is 2.13. The molecule has 0 aliphatic rings. The summed E-state index contributed by atoms with van der Waals surface area (Å²) in [6, 6.07) is 14.6. The predicted molar refractivity (Wildman–Crippen MR) is 105 cm³/mol. The van der Waals surface area contributed by atoms with E-state index in [2.05, 4.69) is 9.97 Å². The molecule has 0 unspecified atom stereocenters. The number of ether oxygens (including phenoxy) is 2. The molecule has 2 aromatic carbocycles. The fourth-order valence-electron chi connectivity index (χ4n) is 2.97. The van der Waals surface area contributed by atoms with Crippen LogP contribution < -0.4 is 9.47 Å². The maximum Gasteiger partial charge on any atom is 0.227 e. The van der Waals surface area contributed by atoms with E-state index >= 15 is 0 Å². The lowest BCUT2D eigenvalue weighted by Crippen LogP contribution is -2.04. The first-order valence-corrected chi connectivity index (χ1v) is 8.72. The Balaban J connectivity index is 1.60. The van der Waals surface area contributed by atoms with Crippen molar-refractivity contribution in [3.8, 4) is 23.0 Å². The van der Waals surface area contributed by atoms with Gasteiger partial charge in [-0.3, -0.25) is 9.78 Å². The molecule has 2 aromatic heterocycles. The van der Waals surface area contributed by atoms with E-state index in [-0.39, 0.29) is 12.2 Å². The van der Waals surface area contributed by atoms with Crippen LogP contribution in [0.2, 0.25) is 0 Å². The third-order valence-electron chi connectivity index (χ3n) is 4.40. The van der Waals surface area contributed by atoms with E-state index in [1.54, 1.807) is 50.9 Å². The van der Waals surface area contributed by atoms with Gasteiger partial charge in [0.25, 0.3) is 0 Å². The number of aromatic nitrogens is 2. The van der Waals surface area contributed by atoms with E-state index in [0.29, 0.717) is 28.5 Å². The summed E-state index contributed by atoms with van der Waals surface area (Å²) in [5.41, 5.74) is 3.58. The molecule has 28 heavy (non-hydrogen) atoms. The molecule has 6 heteroatoms. The number of methoxy groups -OCH3 is 2. The molecule has 2 heterocycles. The average molecular weight is 374 g/mol. The maximum atomic E-state index is 12.8. The average Bonchev–Trinajstić information content (AvgIpc) is 3.18. The Bertz CT molecular complexity index is 1090. The van der Waals surface area contributed by atoms with E-state index in [9.17, 15) is 4.79 Å². The van der Waals surface area contributed by atoms with Crippen LogP contribution in [-0.2, 0) is 6.42 Å². The number of rotatable bonds is 6. The molecule has 0 atom stereocenters. The second-order valence-electron chi connectivity index (χ2n) is 6.26. The van der Waals surface area contributed by atoms with Crippen molar-refractivity contribution in [1.82, 2.24) is 9.97 Å². The highest BCUT2D eigenvalue weighted by Crippen LogP contribution is 2.26. The molecule has 6 nitrogen and oxygen atoms in total. The smallest absolute Gasteiger partial charge is 0.227 e. The van der Waals surface area contributed by atoms with E-state index in [1.165, 1.54) is 0 Å². The summed E-state index contributed by atoms with van der Waals surface area (Å²) in [7, 11) is 3.12. The number of benzene rings is 2. The van der Waals surface area contributed by atoms with Crippen LogP contribution in [0.1, 0.15) is 15.9 Å². The number of oxazole rings is 1. The molecule has 0 saturated carbocycles. The molecule has 0 N–H and O–H groups in total. The minimum atomic E-state index is -0.0314. The third kappa shape index (κ3) is 3.57. The van der Waals surface area contributed by atoms with Gasteiger partial charge in [-0.2, -0.15) is 0 Å². The predicted octanol–water partition coefficient (Wildman–Crippen LogP) is 4.33. The van der Waals surface area contributed by atoms with Crippen molar-refractivity contribution in [3.63, 3.8) is 0 Å². The highest BCUT2D eigenvalue weighted by atomic mass is 16.5. The minimum Gasteiger partial charge on any atom is -0.497 e. The van der Waals surface area contributed by atoms with Gasteiger partial charge in [0.15, 0.2) is 11.4 Å². The lowest BCUT2D eigenvalue weighted by molar-refractivity contribution is 0.0992. The number of fused-ring (bicyclic) bond motifs is 1. The van der Waals surface area contributed by atoms with E-state index in [1.807, 2.05) is 24.3 Å². The first-order valence-electron chi connectivity index (χ1n) is 8.72. The molecule has 0 bridgehead atoms. The van der Waals surface area contributed by atoms with Gasteiger partial charge in [-0.15, -0.1) is 0 Å². The van der Waals surface area contributed by atoms with Crippen LogP contribution in [0.3, 0.4) is 0 Å². The fraction of sp³-hybridized carbons (Fsp3) is 0.136. The Morgan fingerprint density at radius 2 is 1.82 bits per heavy atom. The van der Waals surface area contributed by atoms with Crippen molar-refractivity contribution in [1.29, 1.82) is 0 Å². The minimum absolute atomic E-state index is 0.0314. The zero-order chi connectivity index (χ0) is 19.5. The van der Waals surface area contributed by atoms with E-state index < -0.39 is 0 Å². The van der Waals surface area contributed by atoms with E-state index in [0.717, 1.165) is 16.6 Å². The number of pyridine rings is 1. The second kappa shape index (κ2) is 7.52. The number of hydrogen-bond donors (Lipinski definition) is 0. The highest BCUT2D eigenvalue weighted by molar-refractivity contribution is 5.98. The molecular weight excluding hydrogens is 356 g/mol. The van der Waals surface area contributed by atoms with Gasteiger partial charge in [-0.25, -0.2) is 4.98 Å². The molecule has 4 rings (SSSR count). The van der Waals surface area contributed by atoms with Crippen LogP contribution >= 0.6 is 0 Å². The first-order chi connectivity index (χ1) is 13.7. The number of Topliss-reactive ketones (excluding diaryl/α,β-unsaturated/α-hetero) is 1. The maximum absolute atomic E-state index is 12.8. The Morgan fingerprint density at radius 3 is 2.54 bits per heavy atom. The summed E-state index contributed by atoms with van der Waals surface area (Å²) in [6.45, 7) is 0. The van der Waals surface area contributed by atoms with Crippen molar-refractivity contribution in [2.45, 2.75) is 6.42 Å². The first kappa shape index (κ1) is 17.7. The van der Waals surface area contributed by atoms with Crippen LogP contribution in [-0.4, -0.2) is 30.0 Å². The summed E-state index contributed by atoms with van der Waals surface area (Å²) in [5.74, 6) is 1.63. The van der Waals surface area contributed by atoms with Crippen LogP contribution in [0.15, 0.2) is 65.3 Å². The zero-order valence-corrected chi connectivity index (χ0v) is 15.5. The zero-order valence-electron chi connectivity index (χ0n) is 15.5. The van der Waals surface area contributed by atoms with Gasteiger partial charge in [-0.1, -0.05) is 12.1 Å². The molecule has 0 fully saturated rings. The summed E-state index contributed by atoms with van der Waals surface area (Å²) in [4.78, 5) is 21.3. The van der Waals surface area contributed by atoms with Crippen LogP contribution in [0, 0.1) is 0 Å². The van der Waals surface area contributed by atoms with Crippen molar-refractivity contribution < 1.29 is 18.7 Å². The number of carbonyl (C=O) groups excluding carboxylic acids is 1. The molecule has 0 spiro atoms. The normalized spacial score (nSPS) is 10.8. The van der Waals surface area contributed by atoms with Gasteiger partial charge in [0.05, 0.1) is 20.4 Å². The molecule has 0 aliphatic heterocycles. The summed E-state index contributed by atoms with van der Waals surface area (Å²) in [6.07, 6.45) is 3.55. The van der Waals surface area contributed by atoms with Gasteiger partial charge < -0.3 is 13.9 Å². The van der Waals surface area contributed by atoms with Crippen molar-refractivity contribution in [2.75, 3.05) is 14.2 Å². The standard InChI is InChI=1S/C22H18N2O4/c1-26-17-10-16(11-18(12-17)27-2)20(25)9-14-4-3-5-15(8-14)22-24-19-6-7-23-13-21(19)28-22/h3-8,10-13H,9H2,1-2H3. The van der Waals surface area contributed by atoms with E-state index in [4.69, 9.17) is 13.9 Å². The van der Waals surface area contributed by atoms with Crippen LogP contribution in [0.25, 0.3) is 22.6 Å². The SMILES string of the molecule is COc1cc(OC)cc(C(=O)Cc2cccc(-c3nc4ccncc4o3)c2)c1. The molecule has 0 amide bonds. The number of carbonyl (C=O) groups is 1. The molecular formula is C22H18N2O4. The summed E-state index contributed by atoms with van der Waals surface area (Å²) < 4.78 is 16.3. The summed E-state index contributed by atoms with van der Waals surface area (Å²) >= 11 is 0. The van der Waals surface area contributed by atoms with Crippen molar-refractivity contribution in [3.05, 3.63) is 72.1 Å². The number of ketones is 1. The monoisotopic (exact) mass is 374 g/mol. The Morgan fingerprint density at radius 1 is 1.04 bits per heavy atom. The van der Waals surface area contributed by atoms with Gasteiger partial charge in [0.2, 0.25) is 5.89 Å². The summed E-state index contributed by atoms with van der Waals surface area (Å²) in [5, 5.41) is 0. The Kier molecular flexibility index (Phi) is 4.76. The van der Waals surface area contributed by atoms with Crippen molar-refractivity contribution in [2.24, 2.45) is 0 Å². The number of nitrogens with zero attached hydrogens (tertiary/aromatic N) is 2. The second-order valence-corrected chi connectivity index (χ2v) is 6.26.